The van der Waals surface area contributed by atoms with Crippen LogP contribution in [0.2, 0.25) is 0 Å². The van der Waals surface area contributed by atoms with Crippen molar-refractivity contribution in [1.82, 2.24) is 9.88 Å². The second-order valence-corrected chi connectivity index (χ2v) is 9.62. The summed E-state index contributed by atoms with van der Waals surface area (Å²) in [5.74, 6) is 0. The van der Waals surface area contributed by atoms with Gasteiger partial charge in [0.05, 0.1) is 4.90 Å². The van der Waals surface area contributed by atoms with Gasteiger partial charge in [-0.15, -0.1) is 11.3 Å². The van der Waals surface area contributed by atoms with Crippen LogP contribution in [-0.4, -0.2) is 44.5 Å². The molecule has 1 aliphatic heterocycles. The van der Waals surface area contributed by atoms with Crippen molar-refractivity contribution in [1.29, 1.82) is 0 Å². The highest BCUT2D eigenvalue weighted by Gasteiger charge is 2.23. The predicted octanol–water partition coefficient (Wildman–Crippen LogP) is 3.83. The molecule has 152 valence electrons. The summed E-state index contributed by atoms with van der Waals surface area (Å²) in [5.41, 5.74) is 2.38. The van der Waals surface area contributed by atoms with Crippen molar-refractivity contribution in [3.63, 3.8) is 0 Å². The molecule has 1 N–H and O–H groups in total. The number of thiazole rings is 1. The zero-order valence-corrected chi connectivity index (χ0v) is 17.9. The van der Waals surface area contributed by atoms with Crippen LogP contribution in [0, 0.1) is 0 Å². The Hall–Kier alpha value is -2.42. The van der Waals surface area contributed by atoms with Crippen LogP contribution in [0.4, 0.5) is 10.8 Å². The molecule has 0 amide bonds. The minimum atomic E-state index is -3.61. The van der Waals surface area contributed by atoms with Crippen LogP contribution in [0.15, 0.2) is 71.1 Å². The highest BCUT2D eigenvalue weighted by atomic mass is 32.2. The molecule has 6 nitrogen and oxygen atoms in total. The minimum Gasteiger partial charge on any atom is -0.369 e. The maximum atomic E-state index is 12.5. The number of nitrogens with zero attached hydrogens (tertiary/aromatic N) is 3. The second-order valence-electron chi connectivity index (χ2n) is 7.05. The molecule has 8 heteroatoms. The van der Waals surface area contributed by atoms with E-state index in [1.54, 1.807) is 23.7 Å². The molecule has 0 spiro atoms. The quantitative estimate of drug-likeness (QED) is 0.646. The summed E-state index contributed by atoms with van der Waals surface area (Å²) < 4.78 is 27.5. The Bertz CT molecular complexity index is 1010. The third-order valence-corrected chi connectivity index (χ3v) is 7.48. The van der Waals surface area contributed by atoms with Crippen molar-refractivity contribution in [3.05, 3.63) is 71.7 Å². The van der Waals surface area contributed by atoms with Gasteiger partial charge in [-0.25, -0.2) is 13.4 Å². The van der Waals surface area contributed by atoms with E-state index in [9.17, 15) is 8.42 Å². The zero-order chi connectivity index (χ0) is 20.3. The van der Waals surface area contributed by atoms with Crippen LogP contribution in [-0.2, 0) is 10.0 Å². The summed E-state index contributed by atoms with van der Waals surface area (Å²) in [6.07, 6.45) is 1.57. The molecular weight excluding hydrogens is 404 g/mol. The van der Waals surface area contributed by atoms with Crippen molar-refractivity contribution < 1.29 is 8.42 Å². The van der Waals surface area contributed by atoms with E-state index in [0.29, 0.717) is 11.2 Å². The maximum absolute atomic E-state index is 12.5. The number of sulfonamides is 1. The first-order chi connectivity index (χ1) is 14.0. The highest BCUT2D eigenvalue weighted by molar-refractivity contribution is 7.93. The number of benzene rings is 2. The fourth-order valence-corrected chi connectivity index (χ4v) is 5.38. The van der Waals surface area contributed by atoms with Gasteiger partial charge in [-0.2, -0.15) is 0 Å². The van der Waals surface area contributed by atoms with Crippen molar-refractivity contribution in [3.8, 4) is 0 Å². The summed E-state index contributed by atoms with van der Waals surface area (Å²) >= 11 is 1.26. The monoisotopic (exact) mass is 428 g/mol. The van der Waals surface area contributed by atoms with Gasteiger partial charge >= 0.3 is 0 Å². The lowest BCUT2D eigenvalue weighted by atomic mass is 10.1. The predicted molar refractivity (Wildman–Crippen MR) is 118 cm³/mol. The average Bonchev–Trinajstić information content (AvgIpc) is 3.26. The molecule has 2 aromatic carbocycles. The first-order valence-corrected chi connectivity index (χ1v) is 12.0. The Balaban J connectivity index is 1.38. The summed E-state index contributed by atoms with van der Waals surface area (Å²) in [6, 6.07) is 18.0. The smallest absolute Gasteiger partial charge is 0.263 e. The summed E-state index contributed by atoms with van der Waals surface area (Å²) in [4.78, 5) is 9.01. The number of aromatic nitrogens is 1. The van der Waals surface area contributed by atoms with Gasteiger partial charge in [0.2, 0.25) is 0 Å². The molecule has 29 heavy (non-hydrogen) atoms. The largest absolute Gasteiger partial charge is 0.369 e. The SMILES string of the molecule is C[C@@H](c1ccccc1)N1CCN(c2ccc(S(=O)(=O)Nc3nccs3)cc2)CC1. The number of hydrogen-bond acceptors (Lipinski definition) is 6. The third kappa shape index (κ3) is 4.60. The number of anilines is 2. The minimum absolute atomic E-state index is 0.243. The summed E-state index contributed by atoms with van der Waals surface area (Å²) in [5, 5.41) is 2.11. The Morgan fingerprint density at radius 1 is 1.00 bits per heavy atom. The zero-order valence-electron chi connectivity index (χ0n) is 16.2. The normalized spacial score (nSPS) is 16.5. The molecule has 0 unspecified atom stereocenters. The van der Waals surface area contributed by atoms with E-state index in [1.807, 2.05) is 18.2 Å². The lowest BCUT2D eigenvalue weighted by Crippen LogP contribution is -2.47. The Labute approximate surface area is 175 Å². The van der Waals surface area contributed by atoms with Crippen LogP contribution in [0.3, 0.4) is 0 Å². The molecule has 1 aromatic heterocycles. The van der Waals surface area contributed by atoms with E-state index in [1.165, 1.54) is 16.9 Å². The summed E-state index contributed by atoms with van der Waals surface area (Å²) in [7, 11) is -3.61. The fourth-order valence-electron chi connectivity index (χ4n) is 3.59. The molecule has 1 atom stereocenters. The van der Waals surface area contributed by atoms with Crippen molar-refractivity contribution in [2.45, 2.75) is 17.9 Å². The highest BCUT2D eigenvalue weighted by Crippen LogP contribution is 2.25. The molecule has 0 saturated carbocycles. The lowest BCUT2D eigenvalue weighted by Gasteiger charge is -2.39. The van der Waals surface area contributed by atoms with Gasteiger partial charge in [-0.1, -0.05) is 30.3 Å². The number of rotatable bonds is 6. The van der Waals surface area contributed by atoms with E-state index in [4.69, 9.17) is 0 Å². The maximum Gasteiger partial charge on any atom is 0.263 e. The van der Waals surface area contributed by atoms with Crippen molar-refractivity contribution in [2.24, 2.45) is 0 Å². The summed E-state index contributed by atoms with van der Waals surface area (Å²) in [6.45, 7) is 6.03. The topological polar surface area (TPSA) is 65.5 Å². The average molecular weight is 429 g/mol. The van der Waals surface area contributed by atoms with Crippen molar-refractivity contribution >= 4 is 32.2 Å². The van der Waals surface area contributed by atoms with Gasteiger partial charge < -0.3 is 4.90 Å². The molecule has 1 aliphatic rings. The molecule has 0 aliphatic carbocycles. The Kier molecular flexibility index (Phi) is 5.84. The molecule has 4 rings (SSSR count). The van der Waals surface area contributed by atoms with Gasteiger partial charge in [-0.3, -0.25) is 9.62 Å². The van der Waals surface area contributed by atoms with Gasteiger partial charge in [-0.05, 0) is 36.8 Å². The first-order valence-electron chi connectivity index (χ1n) is 9.59. The lowest BCUT2D eigenvalue weighted by molar-refractivity contribution is 0.198. The molecule has 1 fully saturated rings. The Morgan fingerprint density at radius 2 is 1.69 bits per heavy atom. The van der Waals surface area contributed by atoms with E-state index in [-0.39, 0.29) is 4.90 Å². The van der Waals surface area contributed by atoms with Crippen molar-refractivity contribution in [2.75, 3.05) is 35.8 Å². The van der Waals surface area contributed by atoms with E-state index in [0.717, 1.165) is 31.9 Å². The second kappa shape index (κ2) is 8.52. The molecule has 1 saturated heterocycles. The van der Waals surface area contributed by atoms with Crippen LogP contribution in [0.25, 0.3) is 0 Å². The van der Waals surface area contributed by atoms with Crippen LogP contribution >= 0.6 is 11.3 Å². The van der Waals surface area contributed by atoms with Crippen LogP contribution < -0.4 is 9.62 Å². The van der Waals surface area contributed by atoms with Gasteiger partial charge in [0.25, 0.3) is 10.0 Å². The Morgan fingerprint density at radius 3 is 2.31 bits per heavy atom. The molecular formula is C21H24N4O2S2. The van der Waals surface area contributed by atoms with Crippen LogP contribution in [0.5, 0.6) is 0 Å². The van der Waals surface area contributed by atoms with E-state index in [2.05, 4.69) is 50.7 Å². The molecule has 3 aromatic rings. The standard InChI is InChI=1S/C21H24N4O2S2/c1-17(18-5-3-2-4-6-18)24-12-14-25(15-13-24)19-7-9-20(10-8-19)29(26,27)23-21-22-11-16-28-21/h2-11,16-17H,12-15H2,1H3,(H,22,23)/t17-/m0/s1. The third-order valence-electron chi connectivity index (χ3n) is 5.31. The van der Waals surface area contributed by atoms with E-state index >= 15 is 0 Å². The first kappa shape index (κ1) is 19.9. The molecule has 2 heterocycles. The van der Waals surface area contributed by atoms with Gasteiger partial charge in [0.15, 0.2) is 5.13 Å². The van der Waals surface area contributed by atoms with Gasteiger partial charge in [0.1, 0.15) is 0 Å². The van der Waals surface area contributed by atoms with Gasteiger partial charge in [0, 0.05) is 49.5 Å². The van der Waals surface area contributed by atoms with Crippen LogP contribution in [0.1, 0.15) is 18.5 Å². The molecule has 0 bridgehead atoms. The molecule has 0 radical (unpaired) electrons. The number of piperazine rings is 1. The number of nitrogens with one attached hydrogen (secondary N) is 1. The number of hydrogen-bond donors (Lipinski definition) is 1. The van der Waals surface area contributed by atoms with E-state index < -0.39 is 10.0 Å². The fraction of sp³-hybridized carbons (Fsp3) is 0.286.